The van der Waals surface area contributed by atoms with Gasteiger partial charge in [0.15, 0.2) is 4.83 Å². The molecule has 2 aromatic heterocycles. The van der Waals surface area contributed by atoms with E-state index >= 15 is 0 Å². The van der Waals surface area contributed by atoms with Crippen LogP contribution in [0.2, 0.25) is 15.1 Å². The quantitative estimate of drug-likeness (QED) is 0.443. The summed E-state index contributed by atoms with van der Waals surface area (Å²) in [4.78, 5) is 15.2. The number of rotatable bonds is 2. The van der Waals surface area contributed by atoms with E-state index in [1.54, 1.807) is 23.5 Å². The molecule has 0 spiro atoms. The van der Waals surface area contributed by atoms with Crippen molar-refractivity contribution in [2.45, 2.75) is 46.6 Å². The molecule has 0 saturated heterocycles. The van der Waals surface area contributed by atoms with E-state index in [0.717, 1.165) is 24.8 Å². The topological polar surface area (TPSA) is 47.8 Å². The maximum Gasteiger partial charge on any atom is 0.279 e. The third-order valence-corrected chi connectivity index (χ3v) is 7.95. The molecule has 1 aromatic carbocycles. The molecule has 4 nitrogen and oxygen atoms in total. The van der Waals surface area contributed by atoms with Gasteiger partial charge in [-0.25, -0.2) is 4.68 Å². The Morgan fingerprint density at radius 1 is 1.21 bits per heavy atom. The number of thiophene rings is 1. The lowest BCUT2D eigenvalue weighted by atomic mass is 9.72. The number of aryl methyl sites for hydroxylation is 1. The molecule has 0 N–H and O–H groups in total. The number of fused-ring (bicyclic) bond motifs is 3. The third-order valence-electron chi connectivity index (χ3n) is 5.61. The lowest BCUT2D eigenvalue weighted by molar-refractivity contribution is 0.218. The van der Waals surface area contributed by atoms with Crippen LogP contribution >= 0.6 is 46.1 Å². The lowest BCUT2D eigenvalue weighted by Gasteiger charge is -2.33. The molecule has 0 bridgehead atoms. The number of benzene rings is 1. The van der Waals surface area contributed by atoms with Gasteiger partial charge in [-0.1, -0.05) is 60.8 Å². The number of hydrogen-bond donors (Lipinski definition) is 0. The normalized spacial score (nSPS) is 17.1. The largest absolute Gasteiger partial charge is 0.279 e. The van der Waals surface area contributed by atoms with Gasteiger partial charge in [0.2, 0.25) is 0 Å². The number of nitrogens with zero attached hydrogens (tertiary/aromatic N) is 3. The first-order valence-electron chi connectivity index (χ1n) is 9.17. The second-order valence-electron chi connectivity index (χ2n) is 8.36. The van der Waals surface area contributed by atoms with Crippen molar-refractivity contribution < 1.29 is 0 Å². The number of aromatic nitrogens is 3. The summed E-state index contributed by atoms with van der Waals surface area (Å²) in [5.41, 5.74) is 1.81. The summed E-state index contributed by atoms with van der Waals surface area (Å²) in [5.74, 6) is 0.604. The van der Waals surface area contributed by atoms with Crippen LogP contribution < -0.4 is 5.56 Å². The Kier molecular flexibility index (Phi) is 5.24. The van der Waals surface area contributed by atoms with Crippen LogP contribution in [0.1, 0.15) is 43.2 Å². The van der Waals surface area contributed by atoms with Crippen molar-refractivity contribution in [1.29, 1.82) is 0 Å². The van der Waals surface area contributed by atoms with Crippen molar-refractivity contribution in [2.24, 2.45) is 11.3 Å². The molecule has 0 aliphatic heterocycles. The fourth-order valence-corrected chi connectivity index (χ4v) is 5.74. The molecule has 148 valence electrons. The summed E-state index contributed by atoms with van der Waals surface area (Å²) >= 11 is 20.3. The van der Waals surface area contributed by atoms with Crippen LogP contribution in [0, 0.1) is 11.3 Å². The minimum Gasteiger partial charge on any atom is -0.267 e. The van der Waals surface area contributed by atoms with Gasteiger partial charge in [-0.2, -0.15) is 0 Å². The van der Waals surface area contributed by atoms with E-state index in [1.807, 2.05) is 0 Å². The molecule has 4 rings (SSSR count). The minimum absolute atomic E-state index is 0.134. The summed E-state index contributed by atoms with van der Waals surface area (Å²) in [6, 6.07) is 3.30. The van der Waals surface area contributed by atoms with Crippen LogP contribution in [0.5, 0.6) is 0 Å². The van der Waals surface area contributed by atoms with Gasteiger partial charge in [-0.15, -0.1) is 16.4 Å². The fourth-order valence-electron chi connectivity index (χ4n) is 3.83. The summed E-state index contributed by atoms with van der Waals surface area (Å²) in [7, 11) is 0. The van der Waals surface area contributed by atoms with Gasteiger partial charge in [-0.3, -0.25) is 4.79 Å². The SMILES string of the molecule is CC(C)(C)C1CCc2c(sc3nnn(Cc4c(Cl)ccc(Cl)c4Cl)c(=O)c23)C1. The zero-order valence-electron chi connectivity index (χ0n) is 15.9. The monoisotopic (exact) mass is 455 g/mol. The molecule has 0 amide bonds. The molecule has 1 aliphatic rings. The van der Waals surface area contributed by atoms with Crippen molar-refractivity contribution in [2.75, 3.05) is 0 Å². The number of halogens is 3. The summed E-state index contributed by atoms with van der Waals surface area (Å²) in [6.07, 6.45) is 2.97. The van der Waals surface area contributed by atoms with Crippen molar-refractivity contribution in [3.05, 3.63) is 53.6 Å². The molecule has 0 fully saturated rings. The highest BCUT2D eigenvalue weighted by Gasteiger charge is 2.32. The Bertz CT molecular complexity index is 1130. The third kappa shape index (κ3) is 3.47. The molecule has 0 saturated carbocycles. The first kappa shape index (κ1) is 20.1. The highest BCUT2D eigenvalue weighted by atomic mass is 35.5. The van der Waals surface area contributed by atoms with E-state index in [4.69, 9.17) is 34.8 Å². The summed E-state index contributed by atoms with van der Waals surface area (Å²) in [5, 5.41) is 10.3. The smallest absolute Gasteiger partial charge is 0.267 e. The standard InChI is InChI=1S/C20H20Cl3N3OS/c1-20(2,3)10-4-5-11-15(8-10)28-18-16(11)19(27)26(25-24-18)9-12-13(21)6-7-14(22)17(12)23/h6-7,10H,4-5,8-9H2,1-3H3. The van der Waals surface area contributed by atoms with E-state index in [0.29, 0.717) is 36.8 Å². The van der Waals surface area contributed by atoms with Crippen LogP contribution in [-0.4, -0.2) is 15.0 Å². The predicted octanol–water partition coefficient (Wildman–Crippen LogP) is 6.01. The van der Waals surface area contributed by atoms with Gasteiger partial charge in [0.25, 0.3) is 5.56 Å². The van der Waals surface area contributed by atoms with E-state index in [-0.39, 0.29) is 17.5 Å². The van der Waals surface area contributed by atoms with Crippen molar-refractivity contribution >= 4 is 56.4 Å². The Hall–Kier alpha value is -1.14. The lowest BCUT2D eigenvalue weighted by Crippen LogP contribution is -2.28. The Morgan fingerprint density at radius 3 is 2.64 bits per heavy atom. The highest BCUT2D eigenvalue weighted by Crippen LogP contribution is 2.42. The van der Waals surface area contributed by atoms with Gasteiger partial charge < -0.3 is 0 Å². The van der Waals surface area contributed by atoms with Crippen LogP contribution in [0.4, 0.5) is 0 Å². The Morgan fingerprint density at radius 2 is 1.93 bits per heavy atom. The molecule has 1 unspecified atom stereocenters. The van der Waals surface area contributed by atoms with Gasteiger partial charge >= 0.3 is 0 Å². The zero-order valence-corrected chi connectivity index (χ0v) is 18.9. The maximum absolute atomic E-state index is 13.2. The van der Waals surface area contributed by atoms with Crippen LogP contribution in [0.25, 0.3) is 10.2 Å². The molecule has 3 aromatic rings. The molecule has 1 aliphatic carbocycles. The van der Waals surface area contributed by atoms with Crippen molar-refractivity contribution in [1.82, 2.24) is 15.0 Å². The van der Waals surface area contributed by atoms with E-state index in [1.165, 1.54) is 9.56 Å². The molecule has 2 heterocycles. The fraction of sp³-hybridized carbons (Fsp3) is 0.450. The van der Waals surface area contributed by atoms with Gasteiger partial charge in [0, 0.05) is 15.5 Å². The van der Waals surface area contributed by atoms with E-state index in [9.17, 15) is 4.79 Å². The zero-order chi connectivity index (χ0) is 20.2. The molecule has 0 radical (unpaired) electrons. The second-order valence-corrected chi connectivity index (χ2v) is 10.6. The van der Waals surface area contributed by atoms with Gasteiger partial charge in [-0.05, 0) is 48.3 Å². The first-order valence-corrected chi connectivity index (χ1v) is 11.1. The predicted molar refractivity (Wildman–Crippen MR) is 117 cm³/mol. The van der Waals surface area contributed by atoms with Gasteiger partial charge in [0.1, 0.15) is 0 Å². The van der Waals surface area contributed by atoms with E-state index in [2.05, 4.69) is 31.1 Å². The average molecular weight is 457 g/mol. The average Bonchev–Trinajstić information content (AvgIpc) is 3.01. The first-order chi connectivity index (χ1) is 13.2. The molecule has 28 heavy (non-hydrogen) atoms. The van der Waals surface area contributed by atoms with Gasteiger partial charge in [0.05, 0.1) is 22.0 Å². The highest BCUT2D eigenvalue weighted by molar-refractivity contribution is 7.18. The molecular formula is C20H20Cl3N3OS. The van der Waals surface area contributed by atoms with E-state index < -0.39 is 0 Å². The Balaban J connectivity index is 1.77. The summed E-state index contributed by atoms with van der Waals surface area (Å²) in [6.45, 7) is 6.97. The summed E-state index contributed by atoms with van der Waals surface area (Å²) < 4.78 is 1.33. The van der Waals surface area contributed by atoms with Crippen molar-refractivity contribution in [3.8, 4) is 0 Å². The molecular weight excluding hydrogens is 437 g/mol. The molecule has 1 atom stereocenters. The van der Waals surface area contributed by atoms with Crippen LogP contribution in [-0.2, 0) is 19.4 Å². The minimum atomic E-state index is -0.149. The van der Waals surface area contributed by atoms with Crippen LogP contribution in [0.3, 0.4) is 0 Å². The maximum atomic E-state index is 13.2. The number of hydrogen-bond acceptors (Lipinski definition) is 4. The van der Waals surface area contributed by atoms with Crippen LogP contribution in [0.15, 0.2) is 16.9 Å². The second kappa shape index (κ2) is 7.28. The Labute approximate surface area is 182 Å². The molecule has 8 heteroatoms. The van der Waals surface area contributed by atoms with Crippen molar-refractivity contribution in [3.63, 3.8) is 0 Å².